The molecule has 0 fully saturated rings. The van der Waals surface area contributed by atoms with Crippen molar-refractivity contribution >= 4 is 23.6 Å². The van der Waals surface area contributed by atoms with Crippen LogP contribution in [0.3, 0.4) is 0 Å². The van der Waals surface area contributed by atoms with E-state index < -0.39 is 0 Å². The second-order valence-corrected chi connectivity index (χ2v) is 5.14. The Hall–Kier alpha value is -1.53. The predicted molar refractivity (Wildman–Crippen MR) is 66.5 cm³/mol. The van der Waals surface area contributed by atoms with Crippen LogP contribution in [0, 0.1) is 3.95 Å². The molecule has 4 nitrogen and oxygen atoms in total. The first-order valence-corrected chi connectivity index (χ1v) is 6.28. The number of ether oxygens (including phenoxy) is 2. The van der Waals surface area contributed by atoms with Gasteiger partial charge in [0.1, 0.15) is 0 Å². The van der Waals surface area contributed by atoms with Gasteiger partial charge in [0, 0.05) is 0 Å². The van der Waals surface area contributed by atoms with E-state index in [2.05, 4.69) is 0 Å². The Labute approximate surface area is 107 Å². The highest BCUT2D eigenvalue weighted by Crippen LogP contribution is 2.33. The molecule has 1 aromatic heterocycles. The smallest absolute Gasteiger partial charge is 0.231 e. The predicted octanol–water partition coefficient (Wildman–Crippen LogP) is 2.76. The molecule has 0 atom stereocenters. The average molecular weight is 267 g/mol. The van der Waals surface area contributed by atoms with Crippen LogP contribution in [0.25, 0.3) is 0 Å². The number of hydrogen-bond donors (Lipinski definition) is 1. The lowest BCUT2D eigenvalue weighted by Gasteiger charge is -2.05. The lowest BCUT2D eigenvalue weighted by molar-refractivity contribution is 0.174. The van der Waals surface area contributed by atoms with Crippen molar-refractivity contribution in [3.63, 3.8) is 0 Å². The van der Waals surface area contributed by atoms with Gasteiger partial charge in [0.05, 0.1) is 11.9 Å². The Morgan fingerprint density at radius 2 is 2.18 bits per heavy atom. The van der Waals surface area contributed by atoms with Crippen molar-refractivity contribution in [1.82, 2.24) is 4.57 Å². The van der Waals surface area contributed by atoms with E-state index in [1.54, 1.807) is 9.95 Å². The summed E-state index contributed by atoms with van der Waals surface area (Å²) in [5, 5.41) is 11.3. The van der Waals surface area contributed by atoms with Crippen molar-refractivity contribution < 1.29 is 14.6 Å². The Morgan fingerprint density at radius 3 is 2.94 bits per heavy atom. The Balaban J connectivity index is 1.94. The van der Waals surface area contributed by atoms with Crippen LogP contribution in [0.5, 0.6) is 17.4 Å². The second kappa shape index (κ2) is 4.05. The highest BCUT2D eigenvalue weighted by atomic mass is 32.1. The van der Waals surface area contributed by atoms with E-state index in [9.17, 15) is 5.11 Å². The van der Waals surface area contributed by atoms with E-state index in [0.29, 0.717) is 10.5 Å². The molecular formula is C11H9NO3S2. The number of nitrogens with zero attached hydrogens (tertiary/aromatic N) is 1. The summed E-state index contributed by atoms with van der Waals surface area (Å²) in [5.41, 5.74) is 1.01. The van der Waals surface area contributed by atoms with Gasteiger partial charge < -0.3 is 14.6 Å². The van der Waals surface area contributed by atoms with Gasteiger partial charge in [0.25, 0.3) is 0 Å². The summed E-state index contributed by atoms with van der Waals surface area (Å²) < 4.78 is 12.9. The van der Waals surface area contributed by atoms with Crippen molar-refractivity contribution in [3.05, 3.63) is 33.1 Å². The first kappa shape index (κ1) is 10.6. The largest absolute Gasteiger partial charge is 0.494 e. The highest BCUT2D eigenvalue weighted by Gasteiger charge is 2.13. The van der Waals surface area contributed by atoms with Crippen molar-refractivity contribution in [2.45, 2.75) is 6.54 Å². The maximum absolute atomic E-state index is 9.64. The van der Waals surface area contributed by atoms with Crippen LogP contribution >= 0.6 is 23.6 Å². The van der Waals surface area contributed by atoms with E-state index in [0.717, 1.165) is 17.1 Å². The molecule has 1 aliphatic rings. The van der Waals surface area contributed by atoms with Crippen LogP contribution in [-0.4, -0.2) is 16.5 Å². The molecule has 17 heavy (non-hydrogen) atoms. The fourth-order valence-corrected chi connectivity index (χ4v) is 2.61. The van der Waals surface area contributed by atoms with E-state index in [1.165, 1.54) is 11.3 Å². The third-order valence-corrected chi connectivity index (χ3v) is 3.80. The molecule has 6 heteroatoms. The fourth-order valence-electron chi connectivity index (χ4n) is 1.69. The van der Waals surface area contributed by atoms with Gasteiger partial charge in [-0.1, -0.05) is 6.07 Å². The van der Waals surface area contributed by atoms with Gasteiger partial charge >= 0.3 is 0 Å². The number of fused-ring (bicyclic) bond motifs is 1. The van der Waals surface area contributed by atoms with E-state index >= 15 is 0 Å². The first-order chi connectivity index (χ1) is 8.24. The molecule has 0 spiro atoms. The number of hydrogen-bond acceptors (Lipinski definition) is 5. The van der Waals surface area contributed by atoms with Gasteiger partial charge in [-0.2, -0.15) is 0 Å². The van der Waals surface area contributed by atoms with Gasteiger partial charge in [0.2, 0.25) is 12.7 Å². The van der Waals surface area contributed by atoms with Gasteiger partial charge in [-0.25, -0.2) is 0 Å². The maximum atomic E-state index is 9.64. The summed E-state index contributed by atoms with van der Waals surface area (Å²) in [4.78, 5) is 0. The van der Waals surface area contributed by atoms with Crippen LogP contribution < -0.4 is 9.47 Å². The Morgan fingerprint density at radius 1 is 1.35 bits per heavy atom. The number of thiazole rings is 1. The minimum Gasteiger partial charge on any atom is -0.494 e. The molecule has 0 radical (unpaired) electrons. The molecule has 0 amide bonds. The summed E-state index contributed by atoms with van der Waals surface area (Å²) in [5.74, 6) is 1.69. The van der Waals surface area contributed by atoms with Crippen LogP contribution in [0.4, 0.5) is 0 Å². The molecule has 0 saturated heterocycles. The highest BCUT2D eigenvalue weighted by molar-refractivity contribution is 7.73. The molecule has 1 aliphatic heterocycles. The van der Waals surface area contributed by atoms with Gasteiger partial charge in [0.15, 0.2) is 15.5 Å². The molecule has 1 N–H and O–H groups in total. The van der Waals surface area contributed by atoms with E-state index in [4.69, 9.17) is 21.7 Å². The Bertz CT molecular complexity index is 617. The number of aromatic hydroxyl groups is 1. The molecule has 0 unspecified atom stereocenters. The second-order valence-electron chi connectivity index (χ2n) is 3.63. The molecule has 1 aromatic carbocycles. The monoisotopic (exact) mass is 267 g/mol. The molecule has 0 saturated carbocycles. The third-order valence-electron chi connectivity index (χ3n) is 2.54. The zero-order chi connectivity index (χ0) is 11.8. The summed E-state index contributed by atoms with van der Waals surface area (Å²) in [7, 11) is 0. The Kier molecular flexibility index (Phi) is 2.53. The summed E-state index contributed by atoms with van der Waals surface area (Å²) in [6.45, 7) is 0.798. The number of rotatable bonds is 2. The zero-order valence-corrected chi connectivity index (χ0v) is 10.4. The van der Waals surface area contributed by atoms with Gasteiger partial charge in [-0.05, 0) is 29.9 Å². The lowest BCUT2D eigenvalue weighted by atomic mass is 10.2. The van der Waals surface area contributed by atoms with Crippen molar-refractivity contribution in [3.8, 4) is 17.4 Å². The normalized spacial score (nSPS) is 12.9. The summed E-state index contributed by atoms with van der Waals surface area (Å²) in [6, 6.07) is 5.71. The molecule has 88 valence electrons. The zero-order valence-electron chi connectivity index (χ0n) is 8.75. The standard InChI is InChI=1S/C11H9NO3S2/c13-10-5-17-11(16)12(10)4-7-1-2-8-9(3-7)15-6-14-8/h1-3,5,13H,4,6H2. The van der Waals surface area contributed by atoms with Gasteiger partial charge in [-0.15, -0.1) is 11.3 Å². The minimum atomic E-state index is 0.192. The average Bonchev–Trinajstić information content (AvgIpc) is 2.90. The van der Waals surface area contributed by atoms with Crippen LogP contribution in [0.2, 0.25) is 0 Å². The fraction of sp³-hybridized carbons (Fsp3) is 0.182. The van der Waals surface area contributed by atoms with Crippen molar-refractivity contribution in [2.75, 3.05) is 6.79 Å². The summed E-state index contributed by atoms with van der Waals surface area (Å²) >= 11 is 6.48. The molecule has 0 aliphatic carbocycles. The first-order valence-electron chi connectivity index (χ1n) is 5.00. The van der Waals surface area contributed by atoms with Crippen molar-refractivity contribution in [1.29, 1.82) is 0 Å². The van der Waals surface area contributed by atoms with Crippen LogP contribution in [0.15, 0.2) is 23.6 Å². The number of benzene rings is 1. The van der Waals surface area contributed by atoms with Crippen LogP contribution in [0.1, 0.15) is 5.56 Å². The summed E-state index contributed by atoms with van der Waals surface area (Å²) in [6.07, 6.45) is 0. The lowest BCUT2D eigenvalue weighted by Crippen LogP contribution is -1.98. The molecule has 3 rings (SSSR count). The molecule has 2 heterocycles. The number of aromatic nitrogens is 1. The van der Waals surface area contributed by atoms with Crippen molar-refractivity contribution in [2.24, 2.45) is 0 Å². The maximum Gasteiger partial charge on any atom is 0.231 e. The van der Waals surface area contributed by atoms with E-state index in [1.807, 2.05) is 18.2 Å². The van der Waals surface area contributed by atoms with Gasteiger partial charge in [-0.3, -0.25) is 4.57 Å². The minimum absolute atomic E-state index is 0.192. The SMILES string of the molecule is Oc1csc(=S)n1Cc1ccc2c(c1)OCO2. The third kappa shape index (κ3) is 1.89. The topological polar surface area (TPSA) is 43.6 Å². The quantitative estimate of drug-likeness (QED) is 0.850. The molecule has 0 bridgehead atoms. The molecule has 2 aromatic rings. The van der Waals surface area contributed by atoms with E-state index in [-0.39, 0.29) is 12.7 Å². The van der Waals surface area contributed by atoms with Crippen LogP contribution in [-0.2, 0) is 6.54 Å². The molecular weight excluding hydrogens is 258 g/mol.